The van der Waals surface area contributed by atoms with Crippen LogP contribution in [-0.2, 0) is 13.6 Å². The summed E-state index contributed by atoms with van der Waals surface area (Å²) >= 11 is 0. The predicted octanol–water partition coefficient (Wildman–Crippen LogP) is 0.263. The summed E-state index contributed by atoms with van der Waals surface area (Å²) in [5.41, 5.74) is 1.22. The predicted molar refractivity (Wildman–Crippen MR) is 69.2 cm³/mol. The molecule has 1 N–H and O–H groups in total. The zero-order chi connectivity index (χ0) is 14.7. The molecule has 0 radical (unpaired) electrons. The van der Waals surface area contributed by atoms with E-state index in [9.17, 15) is 14.9 Å². The molecule has 2 aromatic rings. The van der Waals surface area contributed by atoms with E-state index in [-0.39, 0.29) is 11.6 Å². The molecule has 0 spiro atoms. The molecule has 9 nitrogen and oxygen atoms in total. The minimum atomic E-state index is -0.513. The maximum atomic E-state index is 11.9. The van der Waals surface area contributed by atoms with Crippen molar-refractivity contribution in [3.63, 3.8) is 0 Å². The average molecular weight is 278 g/mol. The second-order valence-corrected chi connectivity index (χ2v) is 4.24. The number of carbonyl (C=O) groups is 1. The number of rotatable bonds is 5. The minimum Gasteiger partial charge on any atom is -0.350 e. The molecule has 2 rings (SSSR count). The number of hydrogen-bond donors (Lipinski definition) is 1. The van der Waals surface area contributed by atoms with Gasteiger partial charge in [0.2, 0.25) is 0 Å². The van der Waals surface area contributed by atoms with Crippen LogP contribution >= 0.6 is 0 Å². The van der Waals surface area contributed by atoms with Gasteiger partial charge in [-0.2, -0.15) is 10.2 Å². The van der Waals surface area contributed by atoms with Crippen LogP contribution in [0.1, 0.15) is 16.1 Å². The molecule has 1 amide bonds. The standard InChI is InChI=1S/C11H14N6O3/c1-8-10(6-13-15(8)2)11(18)12-3-4-16-7-9(5-14-16)17(19)20/h5-7H,3-4H2,1-2H3,(H,12,18). The highest BCUT2D eigenvalue weighted by Crippen LogP contribution is 2.07. The number of hydrogen-bond acceptors (Lipinski definition) is 5. The summed E-state index contributed by atoms with van der Waals surface area (Å²) in [5.74, 6) is -0.225. The Hall–Kier alpha value is -2.71. The van der Waals surface area contributed by atoms with Crippen molar-refractivity contribution >= 4 is 11.6 Å². The van der Waals surface area contributed by atoms with Crippen molar-refractivity contribution in [2.45, 2.75) is 13.5 Å². The second-order valence-electron chi connectivity index (χ2n) is 4.24. The van der Waals surface area contributed by atoms with Crippen LogP contribution in [0.4, 0.5) is 5.69 Å². The fraction of sp³-hybridized carbons (Fsp3) is 0.364. The molecule has 2 heterocycles. The highest BCUT2D eigenvalue weighted by Gasteiger charge is 2.12. The minimum absolute atomic E-state index is 0.0700. The lowest BCUT2D eigenvalue weighted by atomic mass is 10.2. The van der Waals surface area contributed by atoms with Gasteiger partial charge in [0.05, 0.1) is 23.2 Å². The molecule has 20 heavy (non-hydrogen) atoms. The first-order valence-electron chi connectivity index (χ1n) is 5.92. The Kier molecular flexibility index (Phi) is 3.78. The van der Waals surface area contributed by atoms with Crippen LogP contribution in [0.5, 0.6) is 0 Å². The van der Waals surface area contributed by atoms with Crippen molar-refractivity contribution in [1.82, 2.24) is 24.9 Å². The van der Waals surface area contributed by atoms with E-state index in [0.29, 0.717) is 18.7 Å². The lowest BCUT2D eigenvalue weighted by Crippen LogP contribution is -2.27. The molecular weight excluding hydrogens is 264 g/mol. The molecule has 2 aromatic heterocycles. The SMILES string of the molecule is Cc1c(C(=O)NCCn2cc([N+](=O)[O-])cn2)cnn1C. The van der Waals surface area contributed by atoms with Crippen LogP contribution in [0.15, 0.2) is 18.6 Å². The van der Waals surface area contributed by atoms with E-state index < -0.39 is 4.92 Å². The van der Waals surface area contributed by atoms with E-state index >= 15 is 0 Å². The van der Waals surface area contributed by atoms with Gasteiger partial charge in [0.15, 0.2) is 0 Å². The fourth-order valence-corrected chi connectivity index (χ4v) is 1.67. The maximum Gasteiger partial charge on any atom is 0.306 e. The lowest BCUT2D eigenvalue weighted by molar-refractivity contribution is -0.385. The molecule has 0 bridgehead atoms. The van der Waals surface area contributed by atoms with E-state index in [4.69, 9.17) is 0 Å². The Morgan fingerprint density at radius 2 is 2.20 bits per heavy atom. The monoisotopic (exact) mass is 278 g/mol. The Labute approximate surface area is 114 Å². The number of nitrogens with zero attached hydrogens (tertiary/aromatic N) is 5. The highest BCUT2D eigenvalue weighted by atomic mass is 16.6. The zero-order valence-electron chi connectivity index (χ0n) is 11.1. The van der Waals surface area contributed by atoms with Gasteiger partial charge in [-0.25, -0.2) is 0 Å². The number of nitrogens with one attached hydrogen (secondary N) is 1. The first kappa shape index (κ1) is 13.7. The third-order valence-electron chi connectivity index (χ3n) is 2.94. The smallest absolute Gasteiger partial charge is 0.306 e. The van der Waals surface area contributed by atoms with Gasteiger partial charge >= 0.3 is 5.69 Å². The molecule has 0 aromatic carbocycles. The van der Waals surface area contributed by atoms with Gasteiger partial charge in [0.1, 0.15) is 12.4 Å². The van der Waals surface area contributed by atoms with Gasteiger partial charge in [-0.15, -0.1) is 0 Å². The quantitative estimate of drug-likeness (QED) is 0.623. The third-order valence-corrected chi connectivity index (χ3v) is 2.94. The molecule has 0 atom stereocenters. The molecule has 106 valence electrons. The molecule has 0 aliphatic carbocycles. The number of aryl methyl sites for hydroxylation is 1. The van der Waals surface area contributed by atoms with Crippen LogP contribution in [0.25, 0.3) is 0 Å². The molecule has 0 saturated heterocycles. The van der Waals surface area contributed by atoms with Crippen molar-refractivity contribution in [3.8, 4) is 0 Å². The summed E-state index contributed by atoms with van der Waals surface area (Å²) < 4.78 is 3.03. The Bertz CT molecular complexity index is 644. The van der Waals surface area contributed by atoms with Crippen molar-refractivity contribution in [2.75, 3.05) is 6.54 Å². The number of nitro groups is 1. The first-order chi connectivity index (χ1) is 9.49. The molecular formula is C11H14N6O3. The second kappa shape index (κ2) is 5.51. The van der Waals surface area contributed by atoms with E-state index in [2.05, 4.69) is 15.5 Å². The lowest BCUT2D eigenvalue weighted by Gasteiger charge is -2.04. The van der Waals surface area contributed by atoms with Gasteiger partial charge in [-0.1, -0.05) is 0 Å². The van der Waals surface area contributed by atoms with E-state index in [1.165, 1.54) is 23.3 Å². The third kappa shape index (κ3) is 2.82. The highest BCUT2D eigenvalue weighted by molar-refractivity contribution is 5.94. The van der Waals surface area contributed by atoms with Crippen molar-refractivity contribution in [1.29, 1.82) is 0 Å². The van der Waals surface area contributed by atoms with Gasteiger partial charge in [-0.05, 0) is 6.92 Å². The zero-order valence-corrected chi connectivity index (χ0v) is 11.1. The number of aromatic nitrogens is 4. The maximum absolute atomic E-state index is 11.9. The summed E-state index contributed by atoms with van der Waals surface area (Å²) in [6.45, 7) is 2.49. The van der Waals surface area contributed by atoms with Crippen LogP contribution in [-0.4, -0.2) is 36.9 Å². The molecule has 0 aliphatic heterocycles. The topological polar surface area (TPSA) is 108 Å². The number of carbonyl (C=O) groups excluding carboxylic acids is 1. The van der Waals surface area contributed by atoms with Gasteiger partial charge < -0.3 is 5.32 Å². The Balaban J connectivity index is 1.88. The average Bonchev–Trinajstić information content (AvgIpc) is 2.98. The van der Waals surface area contributed by atoms with Gasteiger partial charge in [0, 0.05) is 19.3 Å². The van der Waals surface area contributed by atoms with E-state index in [1.807, 2.05) is 0 Å². The normalized spacial score (nSPS) is 10.5. The van der Waals surface area contributed by atoms with Crippen LogP contribution in [0, 0.1) is 17.0 Å². The van der Waals surface area contributed by atoms with Crippen LogP contribution in [0.3, 0.4) is 0 Å². The number of amides is 1. The fourth-order valence-electron chi connectivity index (χ4n) is 1.67. The van der Waals surface area contributed by atoms with E-state index in [0.717, 1.165) is 5.69 Å². The summed E-state index contributed by atoms with van der Waals surface area (Å²) in [5, 5.41) is 21.0. The van der Waals surface area contributed by atoms with Crippen LogP contribution < -0.4 is 5.32 Å². The first-order valence-corrected chi connectivity index (χ1v) is 5.92. The van der Waals surface area contributed by atoms with Crippen molar-refractivity contribution < 1.29 is 9.72 Å². The van der Waals surface area contributed by atoms with Gasteiger partial charge in [0.25, 0.3) is 5.91 Å². The molecule has 0 fully saturated rings. The van der Waals surface area contributed by atoms with Crippen LogP contribution in [0.2, 0.25) is 0 Å². The largest absolute Gasteiger partial charge is 0.350 e. The summed E-state index contributed by atoms with van der Waals surface area (Å²) in [4.78, 5) is 21.9. The molecule has 0 saturated carbocycles. The Morgan fingerprint density at radius 3 is 2.75 bits per heavy atom. The Morgan fingerprint density at radius 1 is 1.45 bits per heavy atom. The molecule has 9 heteroatoms. The van der Waals surface area contributed by atoms with Crippen molar-refractivity contribution in [3.05, 3.63) is 40.0 Å². The summed E-state index contributed by atoms with van der Waals surface area (Å²) in [6.07, 6.45) is 4.00. The van der Waals surface area contributed by atoms with Gasteiger partial charge in [-0.3, -0.25) is 24.3 Å². The van der Waals surface area contributed by atoms with Crippen molar-refractivity contribution in [2.24, 2.45) is 7.05 Å². The summed E-state index contributed by atoms with van der Waals surface area (Å²) in [7, 11) is 1.76. The summed E-state index contributed by atoms with van der Waals surface area (Å²) in [6, 6.07) is 0. The molecule has 0 aliphatic rings. The molecule has 0 unspecified atom stereocenters. The van der Waals surface area contributed by atoms with E-state index in [1.54, 1.807) is 18.7 Å².